The second-order valence-electron chi connectivity index (χ2n) is 6.32. The van der Waals surface area contributed by atoms with Crippen LogP contribution in [0.1, 0.15) is 12.0 Å². The van der Waals surface area contributed by atoms with Crippen LogP contribution in [0.3, 0.4) is 0 Å². The summed E-state index contributed by atoms with van der Waals surface area (Å²) in [6.07, 6.45) is 8.58. The van der Waals surface area contributed by atoms with Gasteiger partial charge in [0, 0.05) is 0 Å². The van der Waals surface area contributed by atoms with Crippen LogP contribution in [-0.2, 0) is 21.1 Å². The van der Waals surface area contributed by atoms with Gasteiger partial charge in [-0.3, -0.25) is 0 Å². The molecular weight excluding hydrogens is 451 g/mol. The Labute approximate surface area is 144 Å². The minimum absolute atomic E-state index is 0. The molecule has 2 aromatic carbocycles. The van der Waals surface area contributed by atoms with Crippen molar-refractivity contribution in [3.05, 3.63) is 72.8 Å². The molecular formula is C19H22PtSi. The van der Waals surface area contributed by atoms with Gasteiger partial charge in [0.1, 0.15) is 0 Å². The molecule has 0 bridgehead atoms. The van der Waals surface area contributed by atoms with Gasteiger partial charge in [-0.15, -0.1) is 31.8 Å². The average Bonchev–Trinajstić information content (AvgIpc) is 2.90. The maximum Gasteiger partial charge on any atom is 2.00 e. The Morgan fingerprint density at radius 1 is 1.00 bits per heavy atom. The van der Waals surface area contributed by atoms with Crippen molar-refractivity contribution in [2.24, 2.45) is 0 Å². The summed E-state index contributed by atoms with van der Waals surface area (Å²) in [5.41, 5.74) is 2.49. The minimum Gasteiger partial charge on any atom is -0.342 e. The number of allylic oxidation sites excluding steroid dienone is 4. The molecule has 0 N–H and O–H groups in total. The number of benzene rings is 2. The van der Waals surface area contributed by atoms with Crippen LogP contribution in [-0.4, -0.2) is 8.07 Å². The molecule has 0 saturated carbocycles. The molecule has 21 heavy (non-hydrogen) atoms. The monoisotopic (exact) mass is 473 g/mol. The molecule has 0 spiro atoms. The Bertz CT molecular complexity index is 642. The topological polar surface area (TPSA) is 0 Å². The fourth-order valence-corrected chi connectivity index (χ4v) is 1.96. The molecule has 0 radical (unpaired) electrons. The molecule has 0 nitrogen and oxygen atoms in total. The second kappa shape index (κ2) is 7.91. The standard InChI is InChI=1S/C15H11.C4H11Si.Pt/c1-2-6-12(5-1)15-10-9-13-7-3-4-8-14(13)11-15;1-5(2,3)4;/h1,3-5,7-11H,2H2;1H2,2-4H3;/q2*-1;+2. The molecule has 0 aromatic heterocycles. The van der Waals surface area contributed by atoms with Crippen LogP contribution >= 0.6 is 0 Å². The Morgan fingerprint density at radius 3 is 2.19 bits per heavy atom. The third-order valence-electron chi connectivity index (χ3n) is 2.76. The SMILES string of the molecule is [C-]1=C(c2ccc3ccccc3c2)C=CC1.[CH2-][Si](C)(C)C.[Pt+2]. The first-order chi connectivity index (χ1) is 9.43. The minimum atomic E-state index is -0.861. The summed E-state index contributed by atoms with van der Waals surface area (Å²) in [4.78, 5) is 0. The zero-order chi connectivity index (χ0) is 14.6. The Morgan fingerprint density at radius 2 is 1.62 bits per heavy atom. The van der Waals surface area contributed by atoms with Crippen molar-refractivity contribution in [1.82, 2.24) is 0 Å². The van der Waals surface area contributed by atoms with Gasteiger partial charge in [0.2, 0.25) is 0 Å². The molecule has 2 heteroatoms. The van der Waals surface area contributed by atoms with E-state index in [1.54, 1.807) is 0 Å². The van der Waals surface area contributed by atoms with Gasteiger partial charge >= 0.3 is 21.1 Å². The van der Waals surface area contributed by atoms with Crippen LogP contribution < -0.4 is 0 Å². The maximum absolute atomic E-state index is 3.91. The quantitative estimate of drug-likeness (QED) is 0.369. The van der Waals surface area contributed by atoms with Crippen molar-refractivity contribution >= 4 is 24.4 Å². The number of hydrogen-bond acceptors (Lipinski definition) is 0. The summed E-state index contributed by atoms with van der Waals surface area (Å²) in [7, 11) is -0.861. The zero-order valence-electron chi connectivity index (χ0n) is 12.9. The van der Waals surface area contributed by atoms with E-state index in [1.807, 2.05) is 0 Å². The van der Waals surface area contributed by atoms with E-state index in [0.29, 0.717) is 0 Å². The molecule has 0 atom stereocenters. The van der Waals surface area contributed by atoms with Gasteiger partial charge in [0.05, 0.1) is 0 Å². The van der Waals surface area contributed by atoms with E-state index in [1.165, 1.54) is 21.9 Å². The second-order valence-corrected chi connectivity index (χ2v) is 11.4. The fraction of sp³-hybridized carbons (Fsp3) is 0.211. The van der Waals surface area contributed by atoms with Crippen molar-refractivity contribution in [1.29, 1.82) is 0 Å². The predicted molar refractivity (Wildman–Crippen MR) is 93.1 cm³/mol. The molecule has 2 aromatic rings. The predicted octanol–water partition coefficient (Wildman–Crippen LogP) is 5.68. The molecule has 0 heterocycles. The van der Waals surface area contributed by atoms with Gasteiger partial charge in [-0.25, -0.2) is 0 Å². The Hall–Kier alpha value is -0.915. The third-order valence-corrected chi connectivity index (χ3v) is 2.76. The van der Waals surface area contributed by atoms with Gasteiger partial charge in [0.15, 0.2) is 0 Å². The van der Waals surface area contributed by atoms with E-state index < -0.39 is 8.07 Å². The zero-order valence-corrected chi connectivity index (χ0v) is 16.2. The molecule has 1 aliphatic carbocycles. The molecule has 0 unspecified atom stereocenters. The molecule has 0 aliphatic heterocycles. The Kier molecular flexibility index (Phi) is 6.83. The largest absolute Gasteiger partial charge is 2.00 e. The van der Waals surface area contributed by atoms with Crippen molar-refractivity contribution in [2.45, 2.75) is 26.1 Å². The van der Waals surface area contributed by atoms with Gasteiger partial charge in [-0.2, -0.15) is 17.7 Å². The van der Waals surface area contributed by atoms with Crippen LogP contribution in [0, 0.1) is 12.6 Å². The van der Waals surface area contributed by atoms with Gasteiger partial charge in [-0.05, 0) is 10.8 Å². The molecule has 0 saturated heterocycles. The van der Waals surface area contributed by atoms with E-state index in [-0.39, 0.29) is 21.1 Å². The number of hydrogen-bond donors (Lipinski definition) is 0. The van der Waals surface area contributed by atoms with Crippen molar-refractivity contribution < 1.29 is 21.1 Å². The van der Waals surface area contributed by atoms with E-state index in [2.05, 4.69) is 86.9 Å². The number of rotatable bonds is 1. The first-order valence-corrected chi connectivity index (χ1v) is 10.8. The summed E-state index contributed by atoms with van der Waals surface area (Å²) in [6, 6.07) is 15.0. The van der Waals surface area contributed by atoms with Crippen LogP contribution in [0.5, 0.6) is 0 Å². The molecule has 0 fully saturated rings. The van der Waals surface area contributed by atoms with Crippen LogP contribution in [0.4, 0.5) is 0 Å². The van der Waals surface area contributed by atoms with E-state index in [4.69, 9.17) is 0 Å². The summed E-state index contributed by atoms with van der Waals surface area (Å²) < 4.78 is 0. The Balaban J connectivity index is 0.000000324. The smallest absolute Gasteiger partial charge is 0.342 e. The van der Waals surface area contributed by atoms with Crippen LogP contribution in [0.25, 0.3) is 16.3 Å². The number of fused-ring (bicyclic) bond motifs is 1. The summed E-state index contributed by atoms with van der Waals surface area (Å²) in [6.45, 7) is 10.6. The summed E-state index contributed by atoms with van der Waals surface area (Å²) in [5.74, 6) is 0. The van der Waals surface area contributed by atoms with E-state index in [9.17, 15) is 0 Å². The molecule has 3 rings (SSSR count). The third kappa shape index (κ3) is 6.16. The summed E-state index contributed by atoms with van der Waals surface area (Å²) >= 11 is 0. The van der Waals surface area contributed by atoms with Gasteiger partial charge < -0.3 is 6.55 Å². The van der Waals surface area contributed by atoms with Crippen molar-refractivity contribution in [3.63, 3.8) is 0 Å². The first-order valence-electron chi connectivity index (χ1n) is 7.05. The van der Waals surface area contributed by atoms with Crippen molar-refractivity contribution in [2.75, 3.05) is 0 Å². The van der Waals surface area contributed by atoms with Crippen LogP contribution in [0.2, 0.25) is 19.6 Å². The molecule has 112 valence electrons. The van der Waals surface area contributed by atoms with E-state index >= 15 is 0 Å². The van der Waals surface area contributed by atoms with Crippen molar-refractivity contribution in [3.8, 4) is 0 Å². The average molecular weight is 474 g/mol. The van der Waals surface area contributed by atoms with Crippen LogP contribution in [0.15, 0.2) is 54.6 Å². The maximum atomic E-state index is 3.91. The fourth-order valence-electron chi connectivity index (χ4n) is 1.96. The van der Waals surface area contributed by atoms with Gasteiger partial charge in [-0.1, -0.05) is 56.4 Å². The first kappa shape index (κ1) is 18.1. The molecule has 0 amide bonds. The van der Waals surface area contributed by atoms with Gasteiger partial charge in [0.25, 0.3) is 0 Å². The summed E-state index contributed by atoms with van der Waals surface area (Å²) in [5, 5.41) is 2.59. The molecule has 1 aliphatic rings. The van der Waals surface area contributed by atoms with E-state index in [0.717, 1.165) is 6.42 Å². The normalized spacial score (nSPS) is 13.2.